The SMILES string of the molecule is CNCCN(C)C(=O)c1cccc2c1[nH]c(=O)n2C1CCC(C(=O)Nc2ccc(C)c(OC)c2)CC1. The van der Waals surface area contributed by atoms with Crippen LogP contribution in [0.5, 0.6) is 5.75 Å². The van der Waals surface area contributed by atoms with Crippen molar-refractivity contribution in [3.8, 4) is 5.75 Å². The summed E-state index contributed by atoms with van der Waals surface area (Å²) in [4.78, 5) is 43.5. The molecule has 9 nitrogen and oxygen atoms in total. The molecule has 0 atom stereocenters. The number of aromatic nitrogens is 2. The number of likely N-dealkylation sites (N-methyl/N-ethyl adjacent to an activating group) is 2. The van der Waals surface area contributed by atoms with Crippen LogP contribution in [0.1, 0.15) is 47.6 Å². The molecule has 1 saturated carbocycles. The highest BCUT2D eigenvalue weighted by Gasteiger charge is 2.29. The highest BCUT2D eigenvalue weighted by atomic mass is 16.5. The van der Waals surface area contributed by atoms with Gasteiger partial charge in [-0.1, -0.05) is 12.1 Å². The number of anilines is 1. The number of ether oxygens (including phenoxy) is 1. The van der Waals surface area contributed by atoms with Gasteiger partial charge in [0.2, 0.25) is 5.91 Å². The first-order valence-electron chi connectivity index (χ1n) is 12.4. The van der Waals surface area contributed by atoms with Crippen molar-refractivity contribution < 1.29 is 14.3 Å². The Labute approximate surface area is 210 Å². The Kier molecular flexibility index (Phi) is 7.79. The molecule has 1 aromatic heterocycles. The number of methoxy groups -OCH3 is 1. The van der Waals surface area contributed by atoms with E-state index in [1.54, 1.807) is 29.7 Å². The van der Waals surface area contributed by atoms with Crippen LogP contribution in [-0.4, -0.2) is 60.6 Å². The molecule has 0 unspecified atom stereocenters. The van der Waals surface area contributed by atoms with Crippen LogP contribution < -0.4 is 21.1 Å². The molecular formula is C27H35N5O4. The molecule has 9 heteroatoms. The number of hydrogen-bond donors (Lipinski definition) is 3. The first-order chi connectivity index (χ1) is 17.3. The second-order valence-electron chi connectivity index (χ2n) is 9.51. The van der Waals surface area contributed by atoms with Crippen LogP contribution in [-0.2, 0) is 4.79 Å². The van der Waals surface area contributed by atoms with Crippen molar-refractivity contribution in [2.24, 2.45) is 5.92 Å². The summed E-state index contributed by atoms with van der Waals surface area (Å²) in [7, 11) is 5.21. The lowest BCUT2D eigenvalue weighted by atomic mass is 9.85. The number of H-pyrrole nitrogens is 1. The molecule has 0 bridgehead atoms. The maximum Gasteiger partial charge on any atom is 0.326 e. The molecule has 3 aromatic rings. The Balaban J connectivity index is 1.47. The Hall–Kier alpha value is -3.59. The largest absolute Gasteiger partial charge is 0.496 e. The number of fused-ring (bicyclic) bond motifs is 1. The van der Waals surface area contributed by atoms with Crippen LogP contribution in [0.4, 0.5) is 5.69 Å². The first kappa shape index (κ1) is 25.5. The zero-order valence-electron chi connectivity index (χ0n) is 21.4. The third kappa shape index (κ3) is 5.16. The maximum absolute atomic E-state index is 13.0. The quantitative estimate of drug-likeness (QED) is 0.446. The van der Waals surface area contributed by atoms with Crippen molar-refractivity contribution in [3.63, 3.8) is 0 Å². The van der Waals surface area contributed by atoms with Gasteiger partial charge >= 0.3 is 5.69 Å². The summed E-state index contributed by atoms with van der Waals surface area (Å²) in [5.41, 5.74) is 3.29. The lowest BCUT2D eigenvalue weighted by molar-refractivity contribution is -0.121. The topological polar surface area (TPSA) is 108 Å². The zero-order valence-corrected chi connectivity index (χ0v) is 21.4. The highest BCUT2D eigenvalue weighted by molar-refractivity contribution is 6.04. The Morgan fingerprint density at radius 2 is 1.92 bits per heavy atom. The van der Waals surface area contributed by atoms with Gasteiger partial charge in [-0.05, 0) is 63.4 Å². The van der Waals surface area contributed by atoms with Crippen molar-refractivity contribution in [2.75, 3.05) is 39.6 Å². The molecule has 0 saturated heterocycles. The van der Waals surface area contributed by atoms with Gasteiger partial charge in [0.05, 0.1) is 23.7 Å². The molecule has 1 heterocycles. The Morgan fingerprint density at radius 3 is 2.61 bits per heavy atom. The van der Waals surface area contributed by atoms with Gasteiger partial charge in [0, 0.05) is 43.9 Å². The van der Waals surface area contributed by atoms with Gasteiger partial charge in [-0.2, -0.15) is 0 Å². The maximum atomic E-state index is 13.0. The number of rotatable bonds is 8. The number of carbonyl (C=O) groups excluding carboxylic acids is 2. The summed E-state index contributed by atoms with van der Waals surface area (Å²) in [6, 6.07) is 11.1. The van der Waals surface area contributed by atoms with E-state index < -0.39 is 0 Å². The molecule has 36 heavy (non-hydrogen) atoms. The lowest BCUT2D eigenvalue weighted by Gasteiger charge is -2.28. The molecule has 1 fully saturated rings. The molecule has 192 valence electrons. The van der Waals surface area contributed by atoms with Crippen LogP contribution >= 0.6 is 0 Å². The van der Waals surface area contributed by atoms with Gasteiger partial charge in [0.1, 0.15) is 5.75 Å². The number of carbonyl (C=O) groups is 2. The van der Waals surface area contributed by atoms with Gasteiger partial charge < -0.3 is 25.3 Å². The highest BCUT2D eigenvalue weighted by Crippen LogP contribution is 2.34. The van der Waals surface area contributed by atoms with E-state index in [1.807, 2.05) is 44.3 Å². The summed E-state index contributed by atoms with van der Waals surface area (Å²) in [5, 5.41) is 6.05. The van der Waals surface area contributed by atoms with Crippen LogP contribution in [0.2, 0.25) is 0 Å². The van der Waals surface area contributed by atoms with Crippen molar-refractivity contribution in [1.82, 2.24) is 19.8 Å². The standard InChI is InChI=1S/C27H35N5O4/c1-17-8-11-19(16-23(17)36-4)29-25(33)18-9-12-20(13-10-18)32-22-7-5-6-21(24(22)30-27(32)35)26(34)31(3)15-14-28-2/h5-8,11,16,18,20,28H,9-10,12-15H2,1-4H3,(H,29,33)(H,30,35). The van der Waals surface area contributed by atoms with Crippen LogP contribution in [0.25, 0.3) is 11.0 Å². The number of amides is 2. The average molecular weight is 494 g/mol. The normalized spacial score (nSPS) is 17.7. The van der Waals surface area contributed by atoms with Crippen molar-refractivity contribution in [1.29, 1.82) is 0 Å². The Morgan fingerprint density at radius 1 is 1.17 bits per heavy atom. The molecule has 1 aliphatic rings. The number of nitrogens with zero attached hydrogens (tertiary/aromatic N) is 2. The molecule has 2 amide bonds. The molecule has 4 rings (SSSR count). The number of para-hydroxylation sites is 1. The summed E-state index contributed by atoms with van der Waals surface area (Å²) in [5.74, 6) is 0.481. The number of nitrogens with one attached hydrogen (secondary N) is 3. The summed E-state index contributed by atoms with van der Waals surface area (Å²) in [6.45, 7) is 3.21. The molecule has 3 N–H and O–H groups in total. The summed E-state index contributed by atoms with van der Waals surface area (Å²) >= 11 is 0. The predicted molar refractivity (Wildman–Crippen MR) is 141 cm³/mol. The minimum Gasteiger partial charge on any atom is -0.496 e. The van der Waals surface area contributed by atoms with E-state index in [2.05, 4.69) is 15.6 Å². The molecular weight excluding hydrogens is 458 g/mol. The molecule has 0 spiro atoms. The fourth-order valence-corrected chi connectivity index (χ4v) is 5.01. The van der Waals surface area contributed by atoms with E-state index in [4.69, 9.17) is 4.74 Å². The van der Waals surface area contributed by atoms with E-state index in [9.17, 15) is 14.4 Å². The molecule has 0 aliphatic heterocycles. The van der Waals surface area contributed by atoms with Gasteiger partial charge in [-0.25, -0.2) is 4.79 Å². The minimum absolute atomic E-state index is 0.0110. The molecule has 0 radical (unpaired) electrons. The second kappa shape index (κ2) is 11.0. The number of imidazole rings is 1. The van der Waals surface area contributed by atoms with Crippen LogP contribution in [0, 0.1) is 12.8 Å². The second-order valence-corrected chi connectivity index (χ2v) is 9.51. The number of aromatic amines is 1. The predicted octanol–water partition coefficient (Wildman–Crippen LogP) is 3.31. The van der Waals surface area contributed by atoms with Crippen molar-refractivity contribution in [2.45, 2.75) is 38.6 Å². The van der Waals surface area contributed by atoms with Gasteiger partial charge in [0.15, 0.2) is 0 Å². The third-order valence-corrected chi connectivity index (χ3v) is 7.14. The van der Waals surface area contributed by atoms with Crippen molar-refractivity contribution in [3.05, 3.63) is 58.0 Å². The molecule has 2 aromatic carbocycles. The summed E-state index contributed by atoms with van der Waals surface area (Å²) < 4.78 is 7.12. The van der Waals surface area contributed by atoms with Crippen molar-refractivity contribution >= 4 is 28.5 Å². The minimum atomic E-state index is -0.220. The van der Waals surface area contributed by atoms with E-state index in [0.717, 1.165) is 16.8 Å². The number of aryl methyl sites for hydroxylation is 1. The lowest BCUT2D eigenvalue weighted by Crippen LogP contribution is -2.32. The third-order valence-electron chi connectivity index (χ3n) is 7.14. The van der Waals surface area contributed by atoms with E-state index in [1.165, 1.54) is 0 Å². The van der Waals surface area contributed by atoms with Gasteiger partial charge in [-0.15, -0.1) is 0 Å². The monoisotopic (exact) mass is 493 g/mol. The first-order valence-corrected chi connectivity index (χ1v) is 12.4. The van der Waals surface area contributed by atoms with E-state index in [0.29, 0.717) is 55.5 Å². The summed E-state index contributed by atoms with van der Waals surface area (Å²) in [6.07, 6.45) is 2.79. The van der Waals surface area contributed by atoms with Crippen LogP contribution in [0.3, 0.4) is 0 Å². The smallest absolute Gasteiger partial charge is 0.326 e. The fourth-order valence-electron chi connectivity index (χ4n) is 5.01. The van der Waals surface area contributed by atoms with E-state index in [-0.39, 0.29) is 29.5 Å². The number of hydrogen-bond acceptors (Lipinski definition) is 5. The van der Waals surface area contributed by atoms with E-state index >= 15 is 0 Å². The van der Waals surface area contributed by atoms with Gasteiger partial charge in [-0.3, -0.25) is 14.2 Å². The Bertz CT molecular complexity index is 1300. The number of benzene rings is 2. The van der Waals surface area contributed by atoms with Gasteiger partial charge in [0.25, 0.3) is 5.91 Å². The molecule has 1 aliphatic carbocycles. The fraction of sp³-hybridized carbons (Fsp3) is 0.444. The average Bonchev–Trinajstić information content (AvgIpc) is 3.23. The van der Waals surface area contributed by atoms with Crippen LogP contribution in [0.15, 0.2) is 41.2 Å². The zero-order chi connectivity index (χ0) is 25.8.